The van der Waals surface area contributed by atoms with Crippen LogP contribution >= 0.6 is 34.8 Å². The van der Waals surface area contributed by atoms with Crippen molar-refractivity contribution in [2.75, 3.05) is 10.8 Å². The number of carbonyl (C=O) groups excluding carboxylic acids is 2. The molecule has 1 N–H and O–H groups in total. The van der Waals surface area contributed by atoms with Gasteiger partial charge in [-0.25, -0.2) is 8.42 Å². The average molecular weight is 639 g/mol. The molecule has 0 heterocycles. The molecule has 11 heteroatoms. The Balaban J connectivity index is 2.15. The lowest BCUT2D eigenvalue weighted by Crippen LogP contribution is -2.55. The van der Waals surface area contributed by atoms with Crippen LogP contribution in [0.3, 0.4) is 0 Å². The molecule has 0 spiro atoms. The zero-order valence-electron chi connectivity index (χ0n) is 23.6. The highest BCUT2D eigenvalue weighted by Gasteiger charge is 2.35. The van der Waals surface area contributed by atoms with Gasteiger partial charge in [-0.1, -0.05) is 72.1 Å². The number of nitrogens with zero attached hydrogens (tertiary/aromatic N) is 2. The fourth-order valence-electron chi connectivity index (χ4n) is 4.33. The van der Waals surface area contributed by atoms with E-state index in [0.29, 0.717) is 26.2 Å². The molecule has 1 unspecified atom stereocenters. The number of carbonyl (C=O) groups is 2. The highest BCUT2D eigenvalue weighted by molar-refractivity contribution is 7.92. The molecule has 3 rings (SSSR count). The van der Waals surface area contributed by atoms with Crippen molar-refractivity contribution in [2.45, 2.75) is 64.1 Å². The number of benzene rings is 3. The van der Waals surface area contributed by atoms with Crippen molar-refractivity contribution in [3.63, 3.8) is 0 Å². The lowest BCUT2D eigenvalue weighted by Gasteiger charge is -2.35. The van der Waals surface area contributed by atoms with Crippen LogP contribution in [0.15, 0.2) is 71.6 Å². The maximum Gasteiger partial charge on any atom is 0.264 e. The van der Waals surface area contributed by atoms with Gasteiger partial charge in [0.05, 0.1) is 10.6 Å². The van der Waals surface area contributed by atoms with Crippen LogP contribution in [0.25, 0.3) is 0 Å². The van der Waals surface area contributed by atoms with Gasteiger partial charge in [-0.2, -0.15) is 0 Å². The molecule has 1 atom stereocenters. The van der Waals surface area contributed by atoms with Gasteiger partial charge in [-0.15, -0.1) is 0 Å². The predicted molar refractivity (Wildman–Crippen MR) is 166 cm³/mol. The normalized spacial score (nSPS) is 12.5. The van der Waals surface area contributed by atoms with Gasteiger partial charge in [0.1, 0.15) is 12.6 Å². The fourth-order valence-corrected chi connectivity index (χ4v) is 6.50. The van der Waals surface area contributed by atoms with Crippen LogP contribution in [0.2, 0.25) is 15.1 Å². The first-order valence-electron chi connectivity index (χ1n) is 13.0. The first kappa shape index (κ1) is 32.7. The highest BCUT2D eigenvalue weighted by Crippen LogP contribution is 2.32. The Morgan fingerprint density at radius 1 is 0.878 bits per heavy atom. The van der Waals surface area contributed by atoms with E-state index in [1.165, 1.54) is 17.0 Å². The smallest absolute Gasteiger partial charge is 0.264 e. The SMILES string of the molecule is CCC(C(=O)NC(C)(C)C)N(Cc1c(Cl)cccc1Cl)C(=O)CN(c1cccc(Cl)c1C)S(=O)(=O)c1ccccc1. The minimum atomic E-state index is -4.22. The topological polar surface area (TPSA) is 86.8 Å². The largest absolute Gasteiger partial charge is 0.350 e. The van der Waals surface area contributed by atoms with E-state index < -0.39 is 34.1 Å². The van der Waals surface area contributed by atoms with Crippen molar-refractivity contribution >= 4 is 62.3 Å². The molecular formula is C30H34Cl3N3O4S. The second-order valence-corrected chi connectivity index (χ2v) is 13.7. The minimum Gasteiger partial charge on any atom is -0.350 e. The van der Waals surface area contributed by atoms with E-state index >= 15 is 0 Å². The van der Waals surface area contributed by atoms with Crippen LogP contribution in [0.1, 0.15) is 45.2 Å². The van der Waals surface area contributed by atoms with Crippen LogP contribution in [0.5, 0.6) is 0 Å². The molecule has 7 nitrogen and oxygen atoms in total. The third kappa shape index (κ3) is 7.95. The number of nitrogens with one attached hydrogen (secondary N) is 1. The number of rotatable bonds is 10. The fraction of sp³-hybridized carbons (Fsp3) is 0.333. The number of amides is 2. The lowest BCUT2D eigenvalue weighted by atomic mass is 10.1. The summed E-state index contributed by atoms with van der Waals surface area (Å²) in [6, 6.07) is 16.7. The Morgan fingerprint density at radius 2 is 1.44 bits per heavy atom. The van der Waals surface area contributed by atoms with Crippen LogP contribution in [0.4, 0.5) is 5.69 Å². The molecule has 2 amide bonds. The number of hydrogen-bond acceptors (Lipinski definition) is 4. The van der Waals surface area contributed by atoms with E-state index in [9.17, 15) is 18.0 Å². The summed E-state index contributed by atoms with van der Waals surface area (Å²) >= 11 is 19.3. The lowest BCUT2D eigenvalue weighted by molar-refractivity contribution is -0.141. The summed E-state index contributed by atoms with van der Waals surface area (Å²) in [4.78, 5) is 29.0. The van der Waals surface area contributed by atoms with Crippen LogP contribution in [-0.4, -0.2) is 43.3 Å². The summed E-state index contributed by atoms with van der Waals surface area (Å²) in [6.45, 7) is 8.27. The highest BCUT2D eigenvalue weighted by atomic mass is 35.5. The molecule has 220 valence electrons. The molecule has 0 saturated carbocycles. The van der Waals surface area contributed by atoms with E-state index in [1.807, 2.05) is 20.8 Å². The summed E-state index contributed by atoms with van der Waals surface area (Å²) < 4.78 is 29.0. The molecule has 0 aliphatic carbocycles. The van der Waals surface area contributed by atoms with Crippen LogP contribution in [0, 0.1) is 6.92 Å². The molecule has 3 aromatic rings. The summed E-state index contributed by atoms with van der Waals surface area (Å²) in [7, 11) is -4.22. The average Bonchev–Trinajstić information content (AvgIpc) is 2.90. The van der Waals surface area contributed by atoms with Crippen LogP contribution in [-0.2, 0) is 26.2 Å². The van der Waals surface area contributed by atoms with Gasteiger partial charge in [-0.05, 0) is 76.1 Å². The van der Waals surface area contributed by atoms with Crippen molar-refractivity contribution in [2.24, 2.45) is 0 Å². The molecular weight excluding hydrogens is 605 g/mol. The maximum absolute atomic E-state index is 14.2. The van der Waals surface area contributed by atoms with Gasteiger partial charge in [0.2, 0.25) is 11.8 Å². The molecule has 0 radical (unpaired) electrons. The molecule has 0 aromatic heterocycles. The second kappa shape index (κ2) is 13.5. The summed E-state index contributed by atoms with van der Waals surface area (Å²) in [5, 5.41) is 3.92. The predicted octanol–water partition coefficient (Wildman–Crippen LogP) is 6.87. The number of anilines is 1. The van der Waals surface area contributed by atoms with Crippen molar-refractivity contribution in [1.82, 2.24) is 10.2 Å². The second-order valence-electron chi connectivity index (χ2n) is 10.6. The quantitative estimate of drug-likeness (QED) is 0.263. The van der Waals surface area contributed by atoms with Gasteiger partial charge >= 0.3 is 0 Å². The van der Waals surface area contributed by atoms with Crippen LogP contribution < -0.4 is 9.62 Å². The number of hydrogen-bond donors (Lipinski definition) is 1. The number of halogens is 3. The summed E-state index contributed by atoms with van der Waals surface area (Å²) in [6.07, 6.45) is 0.261. The molecule has 0 aliphatic heterocycles. The Morgan fingerprint density at radius 3 is 2.00 bits per heavy atom. The van der Waals surface area contributed by atoms with Gasteiger partial charge in [-0.3, -0.25) is 13.9 Å². The van der Waals surface area contributed by atoms with E-state index in [0.717, 1.165) is 4.31 Å². The van der Waals surface area contributed by atoms with Gasteiger partial charge in [0.25, 0.3) is 10.0 Å². The zero-order chi connectivity index (χ0) is 30.5. The monoisotopic (exact) mass is 637 g/mol. The van der Waals surface area contributed by atoms with Crippen molar-refractivity contribution < 1.29 is 18.0 Å². The third-order valence-corrected chi connectivity index (χ3v) is 9.28. The Hall–Kier alpha value is -2.78. The van der Waals surface area contributed by atoms with Gasteiger partial charge in [0.15, 0.2) is 0 Å². The first-order valence-corrected chi connectivity index (χ1v) is 15.6. The molecule has 0 fully saturated rings. The number of sulfonamides is 1. The molecule has 0 bridgehead atoms. The van der Waals surface area contributed by atoms with Gasteiger partial charge < -0.3 is 10.2 Å². The Kier molecular flexibility index (Phi) is 10.7. The standard InChI is InChI=1S/C30H34Cl3N3O4S/c1-6-26(29(38)34-30(3,4)5)35(18-22-24(32)15-10-16-25(22)33)28(37)19-36(27-17-11-14-23(31)20(27)2)41(39,40)21-12-8-7-9-13-21/h7-17,26H,6,18-19H2,1-5H3,(H,34,38). The van der Waals surface area contributed by atoms with E-state index in [-0.39, 0.29) is 29.5 Å². The molecule has 3 aromatic carbocycles. The van der Waals surface area contributed by atoms with Crippen molar-refractivity contribution in [1.29, 1.82) is 0 Å². The minimum absolute atomic E-state index is 0.00499. The summed E-state index contributed by atoms with van der Waals surface area (Å²) in [5.74, 6) is -0.997. The maximum atomic E-state index is 14.2. The van der Waals surface area contributed by atoms with E-state index in [2.05, 4.69) is 5.32 Å². The molecule has 41 heavy (non-hydrogen) atoms. The molecule has 0 aliphatic rings. The van der Waals surface area contributed by atoms with E-state index in [4.69, 9.17) is 34.8 Å². The summed E-state index contributed by atoms with van der Waals surface area (Å²) in [5.41, 5.74) is 0.613. The van der Waals surface area contributed by atoms with Crippen molar-refractivity contribution in [3.05, 3.63) is 92.9 Å². The van der Waals surface area contributed by atoms with Gasteiger partial charge in [0, 0.05) is 32.7 Å². The Bertz CT molecular complexity index is 1490. The molecule has 0 saturated heterocycles. The van der Waals surface area contributed by atoms with E-state index in [1.54, 1.807) is 68.4 Å². The third-order valence-electron chi connectivity index (χ3n) is 6.39. The first-order chi connectivity index (χ1) is 19.2. The van der Waals surface area contributed by atoms with Crippen molar-refractivity contribution in [3.8, 4) is 0 Å². The zero-order valence-corrected chi connectivity index (χ0v) is 26.7. The Labute approximate surface area is 257 Å².